The van der Waals surface area contributed by atoms with Gasteiger partial charge in [-0.05, 0) is 41.8 Å². The zero-order chi connectivity index (χ0) is 26.7. The zero-order valence-corrected chi connectivity index (χ0v) is 19.7. The molecule has 4 aromatic rings. The molecular weight excluding hydrogens is 494 g/mol. The lowest BCUT2D eigenvalue weighted by Crippen LogP contribution is -2.20. The molecule has 0 bridgehead atoms. The van der Waals surface area contributed by atoms with E-state index in [9.17, 15) is 27.2 Å². The molecule has 0 unspecified atom stereocenters. The number of ether oxygens (including phenoxy) is 2. The number of rotatable bonds is 7. The second-order valence-corrected chi connectivity index (χ2v) is 8.36. The highest BCUT2D eigenvalue weighted by molar-refractivity contribution is 5.92. The van der Waals surface area contributed by atoms with E-state index in [0.29, 0.717) is 5.56 Å². The molecule has 1 amide bonds. The van der Waals surface area contributed by atoms with Crippen molar-refractivity contribution in [3.63, 3.8) is 0 Å². The molecular formula is C27H21F4NO5. The third-order valence-electron chi connectivity index (χ3n) is 5.35. The lowest BCUT2D eigenvalue weighted by molar-refractivity contribution is -0.154. The van der Waals surface area contributed by atoms with Crippen LogP contribution in [0.2, 0.25) is 0 Å². The molecule has 0 saturated carbocycles. The van der Waals surface area contributed by atoms with E-state index in [1.807, 2.05) is 13.8 Å². The molecule has 37 heavy (non-hydrogen) atoms. The van der Waals surface area contributed by atoms with Crippen LogP contribution in [0.15, 0.2) is 75.9 Å². The van der Waals surface area contributed by atoms with Gasteiger partial charge in [-0.2, -0.15) is 13.2 Å². The van der Waals surface area contributed by atoms with Crippen LogP contribution < -0.4 is 20.2 Å². The second kappa shape index (κ2) is 10.3. The maximum atomic E-state index is 13.9. The molecule has 4 rings (SSSR count). The standard InChI is InChI=1S/C27H21F4NO5/c1-15(2)17-7-3-6-10-21(17)36-25-24(34)18-12-11-16(13-22(18)37-26(25)27(29,30)31)35-14-23(33)32-20-9-5-4-8-19(20)28/h3-13,15H,14H2,1-2H3,(H,32,33). The van der Waals surface area contributed by atoms with Crippen molar-refractivity contribution >= 4 is 22.6 Å². The summed E-state index contributed by atoms with van der Waals surface area (Å²) >= 11 is 0. The number of alkyl halides is 3. The summed E-state index contributed by atoms with van der Waals surface area (Å²) in [5.41, 5.74) is -0.862. The Balaban J connectivity index is 1.64. The summed E-state index contributed by atoms with van der Waals surface area (Å²) in [7, 11) is 0. The quantitative estimate of drug-likeness (QED) is 0.272. The van der Waals surface area contributed by atoms with E-state index in [2.05, 4.69) is 5.32 Å². The highest BCUT2D eigenvalue weighted by Crippen LogP contribution is 2.40. The number of anilines is 1. The fourth-order valence-electron chi connectivity index (χ4n) is 3.58. The highest BCUT2D eigenvalue weighted by Gasteiger charge is 2.40. The van der Waals surface area contributed by atoms with Gasteiger partial charge in [0.2, 0.25) is 11.2 Å². The molecule has 3 aromatic carbocycles. The number of fused-ring (bicyclic) bond motifs is 1. The normalized spacial score (nSPS) is 11.5. The summed E-state index contributed by atoms with van der Waals surface area (Å²) in [6, 6.07) is 15.6. The summed E-state index contributed by atoms with van der Waals surface area (Å²) in [4.78, 5) is 25.2. The summed E-state index contributed by atoms with van der Waals surface area (Å²) in [5, 5.41) is 2.15. The molecule has 0 fully saturated rings. The van der Waals surface area contributed by atoms with Gasteiger partial charge in [0.25, 0.3) is 11.7 Å². The molecule has 192 valence electrons. The van der Waals surface area contributed by atoms with Gasteiger partial charge < -0.3 is 19.2 Å². The first-order valence-electron chi connectivity index (χ1n) is 11.2. The average Bonchev–Trinajstić information content (AvgIpc) is 2.85. The fraction of sp³-hybridized carbons (Fsp3) is 0.185. The van der Waals surface area contributed by atoms with Gasteiger partial charge in [0.1, 0.15) is 22.9 Å². The number of halogens is 4. The van der Waals surface area contributed by atoms with Crippen LogP contribution in [0, 0.1) is 5.82 Å². The lowest BCUT2D eigenvalue weighted by Gasteiger charge is -2.16. The van der Waals surface area contributed by atoms with Gasteiger partial charge in [0.05, 0.1) is 11.1 Å². The minimum absolute atomic E-state index is 0.0359. The van der Waals surface area contributed by atoms with Crippen LogP contribution in [0.1, 0.15) is 31.1 Å². The number of carbonyl (C=O) groups is 1. The molecule has 0 aliphatic heterocycles. The smallest absolute Gasteiger partial charge is 0.453 e. The van der Waals surface area contributed by atoms with Crippen molar-refractivity contribution in [2.45, 2.75) is 25.9 Å². The van der Waals surface area contributed by atoms with Crippen molar-refractivity contribution < 1.29 is 36.2 Å². The average molecular weight is 515 g/mol. The van der Waals surface area contributed by atoms with Crippen LogP contribution in [-0.4, -0.2) is 12.5 Å². The second-order valence-electron chi connectivity index (χ2n) is 8.36. The lowest BCUT2D eigenvalue weighted by atomic mass is 10.0. The summed E-state index contributed by atoms with van der Waals surface area (Å²) in [5.74, 6) is -3.92. The third-order valence-corrected chi connectivity index (χ3v) is 5.35. The molecule has 0 saturated heterocycles. The van der Waals surface area contributed by atoms with Crippen LogP contribution in [-0.2, 0) is 11.0 Å². The topological polar surface area (TPSA) is 77.8 Å². The molecule has 1 heterocycles. The zero-order valence-electron chi connectivity index (χ0n) is 19.7. The fourth-order valence-corrected chi connectivity index (χ4v) is 3.58. The number of benzene rings is 3. The van der Waals surface area contributed by atoms with Gasteiger partial charge in [0.15, 0.2) is 6.61 Å². The largest absolute Gasteiger partial charge is 0.484 e. The molecule has 10 heteroatoms. The number of hydrogen-bond donors (Lipinski definition) is 1. The van der Waals surface area contributed by atoms with Gasteiger partial charge in [0, 0.05) is 6.07 Å². The molecule has 1 aromatic heterocycles. The van der Waals surface area contributed by atoms with Gasteiger partial charge in [-0.15, -0.1) is 0 Å². The van der Waals surface area contributed by atoms with Crippen LogP contribution >= 0.6 is 0 Å². The number of nitrogens with one attached hydrogen (secondary N) is 1. The van der Waals surface area contributed by atoms with E-state index in [1.165, 1.54) is 42.5 Å². The minimum atomic E-state index is -5.04. The van der Waals surface area contributed by atoms with E-state index in [1.54, 1.807) is 18.2 Å². The molecule has 0 aliphatic carbocycles. The van der Waals surface area contributed by atoms with E-state index >= 15 is 0 Å². The molecule has 0 aliphatic rings. The van der Waals surface area contributed by atoms with Gasteiger partial charge in [-0.25, -0.2) is 4.39 Å². The highest BCUT2D eigenvalue weighted by atomic mass is 19.4. The van der Waals surface area contributed by atoms with Gasteiger partial charge in [-0.3, -0.25) is 9.59 Å². The summed E-state index contributed by atoms with van der Waals surface area (Å²) in [6.07, 6.45) is -5.04. The van der Waals surface area contributed by atoms with Crippen molar-refractivity contribution in [3.05, 3.63) is 94.1 Å². The van der Waals surface area contributed by atoms with Crippen molar-refractivity contribution in [3.8, 4) is 17.2 Å². The van der Waals surface area contributed by atoms with E-state index in [-0.39, 0.29) is 28.5 Å². The van der Waals surface area contributed by atoms with Gasteiger partial charge in [-0.1, -0.05) is 44.2 Å². The maximum Gasteiger partial charge on any atom is 0.453 e. The molecule has 6 nitrogen and oxygen atoms in total. The van der Waals surface area contributed by atoms with E-state index in [4.69, 9.17) is 13.9 Å². The first-order chi connectivity index (χ1) is 17.5. The van der Waals surface area contributed by atoms with Crippen molar-refractivity contribution in [2.75, 3.05) is 11.9 Å². The number of amides is 1. The molecule has 0 spiro atoms. The number of carbonyl (C=O) groups excluding carboxylic acids is 1. The van der Waals surface area contributed by atoms with Crippen molar-refractivity contribution in [1.29, 1.82) is 0 Å². The summed E-state index contributed by atoms with van der Waals surface area (Å²) in [6.45, 7) is 3.12. The third kappa shape index (κ3) is 5.74. The van der Waals surface area contributed by atoms with Crippen LogP contribution in [0.3, 0.4) is 0 Å². The Morgan fingerprint density at radius 3 is 2.43 bits per heavy atom. The van der Waals surface area contributed by atoms with Crippen molar-refractivity contribution in [2.24, 2.45) is 0 Å². The number of hydrogen-bond acceptors (Lipinski definition) is 5. The van der Waals surface area contributed by atoms with Crippen molar-refractivity contribution in [1.82, 2.24) is 0 Å². The molecule has 0 atom stereocenters. The van der Waals surface area contributed by atoms with Crippen LogP contribution in [0.25, 0.3) is 11.0 Å². The summed E-state index contributed by atoms with van der Waals surface area (Å²) < 4.78 is 71.2. The Hall–Kier alpha value is -4.34. The van der Waals surface area contributed by atoms with Crippen LogP contribution in [0.4, 0.5) is 23.2 Å². The van der Waals surface area contributed by atoms with E-state index in [0.717, 1.165) is 6.07 Å². The first kappa shape index (κ1) is 25.7. The minimum Gasteiger partial charge on any atom is -0.484 e. The Bertz CT molecular complexity index is 1510. The monoisotopic (exact) mass is 515 g/mol. The SMILES string of the molecule is CC(C)c1ccccc1Oc1c(C(F)(F)F)oc2cc(OCC(=O)Nc3ccccc3F)ccc2c1=O. The Morgan fingerprint density at radius 2 is 1.73 bits per heavy atom. The Kier molecular flexibility index (Phi) is 7.19. The maximum absolute atomic E-state index is 13.9. The number of para-hydroxylation sites is 2. The predicted octanol–water partition coefficient (Wildman–Crippen LogP) is 6.88. The Morgan fingerprint density at radius 1 is 1.03 bits per heavy atom. The van der Waals surface area contributed by atoms with Crippen LogP contribution in [0.5, 0.6) is 17.2 Å². The predicted molar refractivity (Wildman–Crippen MR) is 129 cm³/mol. The molecule has 1 N–H and O–H groups in total. The Labute approximate surface area is 208 Å². The van der Waals surface area contributed by atoms with E-state index < -0.39 is 47.0 Å². The molecule has 0 radical (unpaired) electrons. The first-order valence-corrected chi connectivity index (χ1v) is 11.2. The van der Waals surface area contributed by atoms with Gasteiger partial charge >= 0.3 is 6.18 Å².